The van der Waals surface area contributed by atoms with Crippen molar-refractivity contribution in [3.05, 3.63) is 30.3 Å². The summed E-state index contributed by atoms with van der Waals surface area (Å²) >= 11 is 1.84. The minimum atomic E-state index is 0.349. The summed E-state index contributed by atoms with van der Waals surface area (Å²) in [5, 5.41) is 0. The van der Waals surface area contributed by atoms with Gasteiger partial charge in [0.05, 0.1) is 19.3 Å². The van der Waals surface area contributed by atoms with Crippen LogP contribution in [0.25, 0.3) is 0 Å². The average Bonchev–Trinajstić information content (AvgIpc) is 2.83. The zero-order valence-electron chi connectivity index (χ0n) is 9.43. The van der Waals surface area contributed by atoms with E-state index in [9.17, 15) is 0 Å². The van der Waals surface area contributed by atoms with Gasteiger partial charge in [-0.3, -0.25) is 0 Å². The van der Waals surface area contributed by atoms with E-state index in [2.05, 4.69) is 24.3 Å². The van der Waals surface area contributed by atoms with Crippen LogP contribution in [0.5, 0.6) is 0 Å². The first-order chi connectivity index (χ1) is 7.95. The standard InChI is InChI=1S/C13H18O2S/c1-2-6-13(7-3-1)16-10-9-14-11-12-5-4-8-15-12/h1-3,6-7,12H,4-5,8-11H2. The molecule has 1 heterocycles. The van der Waals surface area contributed by atoms with E-state index in [0.717, 1.165) is 32.0 Å². The fourth-order valence-corrected chi connectivity index (χ4v) is 2.51. The zero-order valence-corrected chi connectivity index (χ0v) is 10.2. The molecule has 1 aromatic carbocycles. The topological polar surface area (TPSA) is 18.5 Å². The molecule has 1 unspecified atom stereocenters. The Balaban J connectivity index is 1.52. The van der Waals surface area contributed by atoms with Gasteiger partial charge in [-0.1, -0.05) is 18.2 Å². The Morgan fingerprint density at radius 2 is 2.19 bits per heavy atom. The van der Waals surface area contributed by atoms with Gasteiger partial charge in [-0.2, -0.15) is 0 Å². The molecule has 0 bridgehead atoms. The van der Waals surface area contributed by atoms with Crippen molar-refractivity contribution in [2.45, 2.75) is 23.8 Å². The maximum Gasteiger partial charge on any atom is 0.0809 e. The second kappa shape index (κ2) is 6.94. The molecule has 0 saturated carbocycles. The Morgan fingerprint density at radius 3 is 2.94 bits per heavy atom. The van der Waals surface area contributed by atoms with Crippen LogP contribution in [0.15, 0.2) is 35.2 Å². The van der Waals surface area contributed by atoms with Gasteiger partial charge in [-0.25, -0.2) is 0 Å². The number of ether oxygens (including phenoxy) is 2. The van der Waals surface area contributed by atoms with E-state index in [1.165, 1.54) is 11.3 Å². The summed E-state index contributed by atoms with van der Waals surface area (Å²) in [5.41, 5.74) is 0. The number of thioether (sulfide) groups is 1. The highest BCUT2D eigenvalue weighted by Crippen LogP contribution is 2.17. The fourth-order valence-electron chi connectivity index (χ4n) is 1.73. The van der Waals surface area contributed by atoms with Crippen LogP contribution in [0.4, 0.5) is 0 Å². The first-order valence-corrected chi connectivity index (χ1v) is 6.81. The summed E-state index contributed by atoms with van der Waals surface area (Å²) in [6.45, 7) is 2.47. The van der Waals surface area contributed by atoms with E-state index in [4.69, 9.17) is 9.47 Å². The molecule has 1 fully saturated rings. The first-order valence-electron chi connectivity index (χ1n) is 5.82. The second-order valence-corrected chi connectivity index (χ2v) is 5.04. The molecule has 88 valence electrons. The van der Waals surface area contributed by atoms with Crippen molar-refractivity contribution >= 4 is 11.8 Å². The van der Waals surface area contributed by atoms with Crippen LogP contribution in [-0.2, 0) is 9.47 Å². The zero-order chi connectivity index (χ0) is 11.1. The summed E-state index contributed by atoms with van der Waals surface area (Å²) in [4.78, 5) is 1.31. The first kappa shape index (κ1) is 12.0. The molecule has 2 rings (SSSR count). The molecule has 0 amide bonds. The molecular weight excluding hydrogens is 220 g/mol. The van der Waals surface area contributed by atoms with Crippen molar-refractivity contribution in [2.24, 2.45) is 0 Å². The highest BCUT2D eigenvalue weighted by Gasteiger charge is 2.14. The minimum Gasteiger partial charge on any atom is -0.378 e. The largest absolute Gasteiger partial charge is 0.378 e. The van der Waals surface area contributed by atoms with Crippen molar-refractivity contribution < 1.29 is 9.47 Å². The fraction of sp³-hybridized carbons (Fsp3) is 0.538. The lowest BCUT2D eigenvalue weighted by atomic mass is 10.2. The van der Waals surface area contributed by atoms with Gasteiger partial charge in [-0.15, -0.1) is 11.8 Å². The van der Waals surface area contributed by atoms with Gasteiger partial charge in [0, 0.05) is 17.3 Å². The third kappa shape index (κ3) is 4.16. The molecule has 3 heteroatoms. The SMILES string of the molecule is c1ccc(SCCOCC2CCCO2)cc1. The van der Waals surface area contributed by atoms with Gasteiger partial charge in [0.15, 0.2) is 0 Å². The molecule has 0 N–H and O–H groups in total. The molecule has 0 radical (unpaired) electrons. The molecule has 1 aliphatic rings. The van der Waals surface area contributed by atoms with Crippen LogP contribution >= 0.6 is 11.8 Å². The normalized spacial score (nSPS) is 20.1. The third-order valence-electron chi connectivity index (χ3n) is 2.57. The molecule has 0 aromatic heterocycles. The summed E-state index contributed by atoms with van der Waals surface area (Å²) in [5.74, 6) is 1.01. The summed E-state index contributed by atoms with van der Waals surface area (Å²) in [7, 11) is 0. The number of benzene rings is 1. The Bertz CT molecular complexity index is 283. The molecule has 1 aromatic rings. The van der Waals surface area contributed by atoms with Crippen LogP contribution in [-0.4, -0.2) is 31.7 Å². The van der Waals surface area contributed by atoms with Crippen LogP contribution in [0.1, 0.15) is 12.8 Å². The molecular formula is C13H18O2S. The second-order valence-electron chi connectivity index (χ2n) is 3.87. The smallest absolute Gasteiger partial charge is 0.0809 e. The lowest BCUT2D eigenvalue weighted by Gasteiger charge is -2.09. The van der Waals surface area contributed by atoms with Crippen LogP contribution in [0.2, 0.25) is 0 Å². The van der Waals surface area contributed by atoms with E-state index in [1.807, 2.05) is 17.8 Å². The van der Waals surface area contributed by atoms with Gasteiger partial charge in [-0.05, 0) is 25.0 Å². The average molecular weight is 238 g/mol. The lowest BCUT2D eigenvalue weighted by molar-refractivity contribution is 0.0226. The maximum absolute atomic E-state index is 5.59. The van der Waals surface area contributed by atoms with Crippen molar-refractivity contribution in [3.63, 3.8) is 0 Å². The van der Waals surface area contributed by atoms with E-state index < -0.39 is 0 Å². The predicted molar refractivity (Wildman–Crippen MR) is 67.0 cm³/mol. The molecule has 1 aliphatic heterocycles. The van der Waals surface area contributed by atoms with Gasteiger partial charge in [0.2, 0.25) is 0 Å². The maximum atomic E-state index is 5.59. The number of hydrogen-bond donors (Lipinski definition) is 0. The molecule has 0 spiro atoms. The van der Waals surface area contributed by atoms with E-state index in [1.54, 1.807) is 0 Å². The predicted octanol–water partition coefficient (Wildman–Crippen LogP) is 2.97. The Kier molecular flexibility index (Phi) is 5.19. The lowest BCUT2D eigenvalue weighted by Crippen LogP contribution is -2.15. The van der Waals surface area contributed by atoms with Crippen molar-refractivity contribution in [1.82, 2.24) is 0 Å². The monoisotopic (exact) mass is 238 g/mol. The number of hydrogen-bond acceptors (Lipinski definition) is 3. The van der Waals surface area contributed by atoms with E-state index in [0.29, 0.717) is 6.10 Å². The van der Waals surface area contributed by atoms with Crippen LogP contribution in [0.3, 0.4) is 0 Å². The van der Waals surface area contributed by atoms with E-state index >= 15 is 0 Å². The molecule has 2 nitrogen and oxygen atoms in total. The highest BCUT2D eigenvalue weighted by atomic mass is 32.2. The van der Waals surface area contributed by atoms with Crippen LogP contribution in [0, 0.1) is 0 Å². The highest BCUT2D eigenvalue weighted by molar-refractivity contribution is 7.99. The minimum absolute atomic E-state index is 0.349. The van der Waals surface area contributed by atoms with E-state index in [-0.39, 0.29) is 0 Å². The van der Waals surface area contributed by atoms with Crippen molar-refractivity contribution in [3.8, 4) is 0 Å². The molecule has 1 atom stereocenters. The summed E-state index contributed by atoms with van der Waals surface area (Å²) < 4.78 is 11.1. The van der Waals surface area contributed by atoms with Crippen LogP contribution < -0.4 is 0 Å². The molecule has 0 aliphatic carbocycles. The Morgan fingerprint density at radius 1 is 1.31 bits per heavy atom. The van der Waals surface area contributed by atoms with Gasteiger partial charge < -0.3 is 9.47 Å². The molecule has 16 heavy (non-hydrogen) atoms. The van der Waals surface area contributed by atoms with Crippen molar-refractivity contribution in [2.75, 3.05) is 25.6 Å². The third-order valence-corrected chi connectivity index (χ3v) is 3.54. The summed E-state index contributed by atoms with van der Waals surface area (Å²) in [6.07, 6.45) is 2.69. The van der Waals surface area contributed by atoms with Crippen molar-refractivity contribution in [1.29, 1.82) is 0 Å². The van der Waals surface area contributed by atoms with Gasteiger partial charge in [0.25, 0.3) is 0 Å². The van der Waals surface area contributed by atoms with Gasteiger partial charge in [0.1, 0.15) is 0 Å². The summed E-state index contributed by atoms with van der Waals surface area (Å²) in [6, 6.07) is 10.4. The quantitative estimate of drug-likeness (QED) is 0.561. The Labute approximate surface area is 101 Å². The number of rotatable bonds is 6. The molecule has 1 saturated heterocycles. The van der Waals surface area contributed by atoms with Gasteiger partial charge >= 0.3 is 0 Å². The Hall–Kier alpha value is -0.510.